The van der Waals surface area contributed by atoms with Crippen molar-refractivity contribution in [3.63, 3.8) is 0 Å². The van der Waals surface area contributed by atoms with Gasteiger partial charge in [0.2, 0.25) is 0 Å². The summed E-state index contributed by atoms with van der Waals surface area (Å²) in [6, 6.07) is 13.1. The zero-order chi connectivity index (χ0) is 18.9. The van der Waals surface area contributed by atoms with Crippen molar-refractivity contribution in [2.75, 3.05) is 46.9 Å². The first-order valence-corrected chi connectivity index (χ1v) is 10.4. The molecule has 0 saturated carbocycles. The molecule has 3 rings (SSSR count). The highest BCUT2D eigenvalue weighted by Gasteiger charge is 2.11. The van der Waals surface area contributed by atoms with Crippen molar-refractivity contribution in [3.05, 3.63) is 57.8 Å². The molecule has 1 aliphatic rings. The number of thiophene rings is 1. The molecule has 28 heavy (non-hydrogen) atoms. The van der Waals surface area contributed by atoms with E-state index >= 15 is 0 Å². The van der Waals surface area contributed by atoms with Crippen molar-refractivity contribution in [2.24, 2.45) is 4.99 Å². The Morgan fingerprint density at radius 2 is 2.00 bits per heavy atom. The van der Waals surface area contributed by atoms with Gasteiger partial charge in [-0.25, -0.2) is 0 Å². The van der Waals surface area contributed by atoms with Crippen LogP contribution in [0.4, 0.5) is 0 Å². The molecule has 0 bridgehead atoms. The molecule has 7 heteroatoms. The van der Waals surface area contributed by atoms with Gasteiger partial charge in [-0.3, -0.25) is 9.89 Å². The molecule has 0 aliphatic carbocycles. The SMILES string of the molecule is CN=C(NCc1cccc(CN2CCOCC2)c1)N(C)CCc1cccs1.I. The molecule has 1 aromatic carbocycles. The normalized spacial score (nSPS) is 15.1. The van der Waals surface area contributed by atoms with Gasteiger partial charge in [-0.15, -0.1) is 35.3 Å². The molecular weight excluding hydrogens is 483 g/mol. The molecule has 0 unspecified atom stereocenters. The molecule has 0 amide bonds. The summed E-state index contributed by atoms with van der Waals surface area (Å²) in [6.07, 6.45) is 1.05. The summed E-state index contributed by atoms with van der Waals surface area (Å²) in [4.78, 5) is 10.5. The van der Waals surface area contributed by atoms with Gasteiger partial charge in [0.15, 0.2) is 5.96 Å². The summed E-state index contributed by atoms with van der Waals surface area (Å²) >= 11 is 1.81. The number of halogens is 1. The molecule has 1 aromatic heterocycles. The van der Waals surface area contributed by atoms with Crippen molar-refractivity contribution in [2.45, 2.75) is 19.5 Å². The van der Waals surface area contributed by atoms with Crippen LogP contribution in [0.25, 0.3) is 0 Å². The second-order valence-electron chi connectivity index (χ2n) is 6.86. The molecule has 1 saturated heterocycles. The third-order valence-electron chi connectivity index (χ3n) is 4.80. The summed E-state index contributed by atoms with van der Waals surface area (Å²) in [5, 5.41) is 5.62. The van der Waals surface area contributed by atoms with Gasteiger partial charge in [-0.1, -0.05) is 30.3 Å². The molecule has 1 N–H and O–H groups in total. The number of hydrogen-bond acceptors (Lipinski definition) is 4. The smallest absolute Gasteiger partial charge is 0.193 e. The number of benzene rings is 1. The Bertz CT molecular complexity index is 717. The van der Waals surface area contributed by atoms with E-state index in [1.807, 2.05) is 18.4 Å². The Kier molecular flexibility index (Phi) is 10.3. The summed E-state index contributed by atoms with van der Waals surface area (Å²) in [5.41, 5.74) is 2.64. The predicted octanol–water partition coefficient (Wildman–Crippen LogP) is 3.45. The van der Waals surface area contributed by atoms with Gasteiger partial charge in [0.25, 0.3) is 0 Å². The number of aliphatic imine (C=N–C) groups is 1. The average Bonchev–Trinajstić information content (AvgIpc) is 3.21. The number of nitrogens with one attached hydrogen (secondary N) is 1. The van der Waals surface area contributed by atoms with E-state index in [9.17, 15) is 0 Å². The third kappa shape index (κ3) is 7.35. The first-order valence-electron chi connectivity index (χ1n) is 9.56. The van der Waals surface area contributed by atoms with Gasteiger partial charge >= 0.3 is 0 Å². The van der Waals surface area contributed by atoms with Crippen molar-refractivity contribution in [3.8, 4) is 0 Å². The molecule has 154 valence electrons. The van der Waals surface area contributed by atoms with Crippen LogP contribution in [-0.2, 0) is 24.2 Å². The Balaban J connectivity index is 0.00000280. The van der Waals surface area contributed by atoms with Gasteiger partial charge in [0, 0.05) is 51.7 Å². The van der Waals surface area contributed by atoms with Crippen LogP contribution in [-0.4, -0.2) is 62.7 Å². The van der Waals surface area contributed by atoms with E-state index in [4.69, 9.17) is 4.74 Å². The van der Waals surface area contributed by atoms with E-state index in [1.165, 1.54) is 16.0 Å². The van der Waals surface area contributed by atoms with Crippen LogP contribution in [0.3, 0.4) is 0 Å². The molecule has 0 spiro atoms. The van der Waals surface area contributed by atoms with Crippen molar-refractivity contribution in [1.29, 1.82) is 0 Å². The van der Waals surface area contributed by atoms with Crippen LogP contribution < -0.4 is 5.32 Å². The molecular formula is C21H31IN4OS. The van der Waals surface area contributed by atoms with Crippen molar-refractivity contribution in [1.82, 2.24) is 15.1 Å². The van der Waals surface area contributed by atoms with Crippen LogP contribution in [0.2, 0.25) is 0 Å². The quantitative estimate of drug-likeness (QED) is 0.349. The fourth-order valence-electron chi connectivity index (χ4n) is 3.26. The van der Waals surface area contributed by atoms with Crippen molar-refractivity contribution < 1.29 is 4.74 Å². The highest BCUT2D eigenvalue weighted by atomic mass is 127. The minimum absolute atomic E-state index is 0. The van der Waals surface area contributed by atoms with Gasteiger partial charge < -0.3 is 15.0 Å². The average molecular weight is 514 g/mol. The summed E-state index contributed by atoms with van der Waals surface area (Å²) in [7, 11) is 3.94. The molecule has 2 aromatic rings. The largest absolute Gasteiger partial charge is 0.379 e. The van der Waals surface area contributed by atoms with Crippen LogP contribution in [0.1, 0.15) is 16.0 Å². The molecule has 0 atom stereocenters. The maximum atomic E-state index is 5.44. The van der Waals surface area contributed by atoms with Gasteiger partial charge in [-0.05, 0) is 29.0 Å². The Morgan fingerprint density at radius 1 is 1.21 bits per heavy atom. The van der Waals surface area contributed by atoms with Crippen LogP contribution in [0.15, 0.2) is 46.8 Å². The third-order valence-corrected chi connectivity index (χ3v) is 5.74. The number of morpholine rings is 1. The van der Waals surface area contributed by atoms with E-state index in [0.29, 0.717) is 0 Å². The molecule has 0 radical (unpaired) electrons. The lowest BCUT2D eigenvalue weighted by Gasteiger charge is -2.26. The first-order chi connectivity index (χ1) is 13.2. The fraction of sp³-hybridized carbons (Fsp3) is 0.476. The Hall–Kier alpha value is -1.16. The monoisotopic (exact) mass is 514 g/mol. The minimum Gasteiger partial charge on any atom is -0.379 e. The second-order valence-corrected chi connectivity index (χ2v) is 7.89. The first kappa shape index (κ1) is 23.1. The highest BCUT2D eigenvalue weighted by molar-refractivity contribution is 14.0. The molecule has 5 nitrogen and oxygen atoms in total. The van der Waals surface area contributed by atoms with Crippen molar-refractivity contribution >= 4 is 41.3 Å². The van der Waals surface area contributed by atoms with Gasteiger partial charge in [0.05, 0.1) is 13.2 Å². The van der Waals surface area contributed by atoms with Gasteiger partial charge in [0.1, 0.15) is 0 Å². The number of guanidine groups is 1. The number of nitrogens with zero attached hydrogens (tertiary/aromatic N) is 3. The minimum atomic E-state index is 0. The zero-order valence-corrected chi connectivity index (χ0v) is 19.9. The summed E-state index contributed by atoms with van der Waals surface area (Å²) in [5.74, 6) is 0.935. The highest BCUT2D eigenvalue weighted by Crippen LogP contribution is 2.11. The van der Waals surface area contributed by atoms with E-state index in [0.717, 1.165) is 58.3 Å². The number of hydrogen-bond donors (Lipinski definition) is 1. The van der Waals surface area contributed by atoms with E-state index in [1.54, 1.807) is 0 Å². The molecule has 1 fully saturated rings. The summed E-state index contributed by atoms with van der Waals surface area (Å²) in [6.45, 7) is 6.45. The fourth-order valence-corrected chi connectivity index (χ4v) is 3.96. The molecule has 1 aliphatic heterocycles. The second kappa shape index (κ2) is 12.4. The standard InChI is InChI=1S/C21H30N4OS.HI/c1-22-21(24(2)9-8-20-7-4-14-27-20)23-16-18-5-3-6-19(15-18)17-25-10-12-26-13-11-25;/h3-7,14-15H,8-13,16-17H2,1-2H3,(H,22,23);1H. The number of rotatable bonds is 7. The number of likely N-dealkylation sites (N-methyl/N-ethyl adjacent to an activating group) is 1. The Morgan fingerprint density at radius 3 is 2.71 bits per heavy atom. The predicted molar refractivity (Wildman–Crippen MR) is 129 cm³/mol. The van der Waals surface area contributed by atoms with Crippen LogP contribution in [0, 0.1) is 0 Å². The van der Waals surface area contributed by atoms with Gasteiger partial charge in [-0.2, -0.15) is 0 Å². The molecule has 2 heterocycles. The van der Waals surface area contributed by atoms with Crippen LogP contribution >= 0.6 is 35.3 Å². The Labute approximate surface area is 189 Å². The lowest BCUT2D eigenvalue weighted by atomic mass is 10.1. The maximum Gasteiger partial charge on any atom is 0.193 e. The summed E-state index contributed by atoms with van der Waals surface area (Å²) < 4.78 is 5.44. The maximum absolute atomic E-state index is 5.44. The van der Waals surface area contributed by atoms with Crippen LogP contribution in [0.5, 0.6) is 0 Å². The van der Waals surface area contributed by atoms with E-state index < -0.39 is 0 Å². The zero-order valence-electron chi connectivity index (χ0n) is 16.8. The lowest BCUT2D eigenvalue weighted by molar-refractivity contribution is 0.0342. The van der Waals surface area contributed by atoms with E-state index in [-0.39, 0.29) is 24.0 Å². The number of ether oxygens (including phenoxy) is 1. The lowest BCUT2D eigenvalue weighted by Crippen LogP contribution is -2.39. The topological polar surface area (TPSA) is 40.1 Å². The van der Waals surface area contributed by atoms with E-state index in [2.05, 4.69) is 68.9 Å².